The molecule has 0 amide bonds. The molecule has 4 atom stereocenters. The largest absolute Gasteiger partial charge is 0.507 e. The maximum absolute atomic E-state index is 12.3. The summed E-state index contributed by atoms with van der Waals surface area (Å²) in [6.07, 6.45) is -2.55. The molecule has 0 radical (unpaired) electrons. The molecule has 41 heavy (non-hydrogen) atoms. The number of likely N-dealkylation sites (N-methyl/N-ethyl adjacent to an activating group) is 1. The van der Waals surface area contributed by atoms with E-state index < -0.39 is 47.0 Å². The number of nitrogens with zero attached hydrogens (tertiary/aromatic N) is 3. The molecule has 0 spiro atoms. The van der Waals surface area contributed by atoms with Crippen molar-refractivity contribution >= 4 is 39.5 Å². The van der Waals surface area contributed by atoms with Crippen molar-refractivity contribution in [3.05, 3.63) is 72.4 Å². The second kappa shape index (κ2) is 15.5. The molecule has 2 aromatic carbocycles. The molecule has 8 N–H and O–H groups in total. The average Bonchev–Trinajstić information content (AvgIpc) is 2.97. The van der Waals surface area contributed by atoms with Crippen LogP contribution in [0.25, 0.3) is 0 Å². The van der Waals surface area contributed by atoms with Gasteiger partial charge in [-0.25, -0.2) is 18.2 Å². The van der Waals surface area contributed by atoms with Crippen LogP contribution in [0.1, 0.15) is 10.4 Å². The van der Waals surface area contributed by atoms with Crippen LogP contribution in [0.3, 0.4) is 0 Å². The Balaban J connectivity index is 0.000000383. The van der Waals surface area contributed by atoms with Crippen LogP contribution in [-0.4, -0.2) is 94.3 Å². The van der Waals surface area contributed by atoms with Crippen LogP contribution < -0.4 is 10.0 Å². The molecule has 220 valence electrons. The molecular weight excluding hydrogens is 562 g/mol. The standard InChI is InChI=1S/C18H14N4O5S.C7H15NO5/c23-16-9-6-13(11-15(16)18(24)25)21-20-12-4-7-14(8-5-12)28(26,27)22-17-3-1-2-10-19-17;1-8-4(2-9)6(12)7(13)5(11)3-10/h1-11,23H,(H,19,22)(H,24,25);2,4-8,10-13H,3H2,1H3/t;4-,5+,6+,7+/m.0/s1. The summed E-state index contributed by atoms with van der Waals surface area (Å²) in [7, 11) is -2.36. The van der Waals surface area contributed by atoms with Gasteiger partial charge in [-0.1, -0.05) is 6.07 Å². The second-order valence-corrected chi connectivity index (χ2v) is 9.89. The number of aliphatic hydroxyl groups is 4. The Bertz CT molecular complexity index is 1420. The number of aromatic hydroxyl groups is 1. The second-order valence-electron chi connectivity index (χ2n) is 8.20. The van der Waals surface area contributed by atoms with Crippen molar-refractivity contribution in [2.24, 2.45) is 10.2 Å². The van der Waals surface area contributed by atoms with Crippen LogP contribution in [0.15, 0.2) is 82.0 Å². The van der Waals surface area contributed by atoms with Gasteiger partial charge < -0.3 is 40.8 Å². The Morgan fingerprint density at radius 1 is 1.00 bits per heavy atom. The lowest BCUT2D eigenvalue weighted by atomic mass is 10.0. The number of rotatable bonds is 12. The lowest BCUT2D eigenvalue weighted by molar-refractivity contribution is -0.119. The van der Waals surface area contributed by atoms with E-state index in [2.05, 4.69) is 25.3 Å². The minimum absolute atomic E-state index is 0.0231. The number of phenols is 1. The zero-order valence-corrected chi connectivity index (χ0v) is 22.3. The molecule has 0 aliphatic carbocycles. The van der Waals surface area contributed by atoms with Crippen molar-refractivity contribution in [2.45, 2.75) is 29.2 Å². The van der Waals surface area contributed by atoms with Gasteiger partial charge in [0.25, 0.3) is 10.0 Å². The first-order valence-electron chi connectivity index (χ1n) is 11.7. The molecule has 0 saturated heterocycles. The Morgan fingerprint density at radius 3 is 2.17 bits per heavy atom. The predicted octanol–water partition coefficient (Wildman–Crippen LogP) is 0.550. The zero-order chi connectivity index (χ0) is 30.6. The molecule has 16 heteroatoms. The molecular formula is C25H29N5O10S. The topological polar surface area (TPSA) is 251 Å². The molecule has 0 aliphatic rings. The highest BCUT2D eigenvalue weighted by molar-refractivity contribution is 7.92. The van der Waals surface area contributed by atoms with Gasteiger partial charge in [0, 0.05) is 6.20 Å². The summed E-state index contributed by atoms with van der Waals surface area (Å²) in [5, 5.41) is 64.6. The lowest BCUT2D eigenvalue weighted by Crippen LogP contribution is -2.51. The molecule has 1 aromatic heterocycles. The van der Waals surface area contributed by atoms with E-state index in [1.165, 1.54) is 61.8 Å². The number of sulfonamides is 1. The highest BCUT2D eigenvalue weighted by Gasteiger charge is 2.29. The molecule has 3 aromatic rings. The summed E-state index contributed by atoms with van der Waals surface area (Å²) >= 11 is 0. The fourth-order valence-electron chi connectivity index (χ4n) is 3.05. The molecule has 0 fully saturated rings. The Morgan fingerprint density at radius 2 is 1.63 bits per heavy atom. The maximum atomic E-state index is 12.3. The lowest BCUT2D eigenvalue weighted by Gasteiger charge is -2.25. The van der Waals surface area contributed by atoms with Gasteiger partial charge in [-0.3, -0.25) is 4.72 Å². The van der Waals surface area contributed by atoms with E-state index in [4.69, 9.17) is 20.4 Å². The monoisotopic (exact) mass is 591 g/mol. The van der Waals surface area contributed by atoms with Crippen molar-refractivity contribution < 1.29 is 48.6 Å². The SMILES string of the molecule is CN[C@@H](C=O)[C@@H](O)[C@H](O)[C@H](O)CO.O=C(O)c1cc(N=Nc2ccc(S(=O)(=O)Nc3ccccn3)cc2)ccc1O. The van der Waals surface area contributed by atoms with Gasteiger partial charge in [0.05, 0.1) is 28.9 Å². The molecule has 0 unspecified atom stereocenters. The van der Waals surface area contributed by atoms with Crippen molar-refractivity contribution in [1.29, 1.82) is 0 Å². The summed E-state index contributed by atoms with van der Waals surface area (Å²) in [6.45, 7) is -0.673. The fraction of sp³-hybridized carbons (Fsp3) is 0.240. The first-order chi connectivity index (χ1) is 19.4. The van der Waals surface area contributed by atoms with E-state index >= 15 is 0 Å². The van der Waals surface area contributed by atoms with Gasteiger partial charge in [-0.2, -0.15) is 10.2 Å². The van der Waals surface area contributed by atoms with E-state index in [9.17, 15) is 28.2 Å². The van der Waals surface area contributed by atoms with Crippen LogP contribution >= 0.6 is 0 Å². The third kappa shape index (κ3) is 9.67. The van der Waals surface area contributed by atoms with Gasteiger partial charge in [-0.15, -0.1) is 0 Å². The smallest absolute Gasteiger partial charge is 0.339 e. The number of nitrogens with one attached hydrogen (secondary N) is 2. The van der Waals surface area contributed by atoms with E-state index in [-0.39, 0.29) is 27.7 Å². The number of pyridine rings is 1. The van der Waals surface area contributed by atoms with E-state index in [1.807, 2.05) is 0 Å². The number of aliphatic hydroxyl groups excluding tert-OH is 4. The Labute approximate surface area is 234 Å². The number of aromatic carboxylic acids is 1. The number of carbonyl (C=O) groups is 2. The van der Waals surface area contributed by atoms with E-state index in [1.54, 1.807) is 12.1 Å². The minimum Gasteiger partial charge on any atom is -0.507 e. The van der Waals surface area contributed by atoms with Gasteiger partial charge in [0.2, 0.25) is 0 Å². The number of anilines is 1. The van der Waals surface area contributed by atoms with Gasteiger partial charge in [0.1, 0.15) is 41.7 Å². The van der Waals surface area contributed by atoms with Crippen LogP contribution in [0.4, 0.5) is 17.2 Å². The van der Waals surface area contributed by atoms with Crippen molar-refractivity contribution in [3.8, 4) is 5.75 Å². The normalized spacial score (nSPS) is 14.3. The van der Waals surface area contributed by atoms with Crippen LogP contribution in [0, 0.1) is 0 Å². The average molecular weight is 592 g/mol. The van der Waals surface area contributed by atoms with Gasteiger partial charge in [0.15, 0.2) is 0 Å². The van der Waals surface area contributed by atoms with Crippen LogP contribution in [0.5, 0.6) is 5.75 Å². The van der Waals surface area contributed by atoms with Gasteiger partial charge in [-0.05, 0) is 61.6 Å². The summed E-state index contributed by atoms with van der Waals surface area (Å²) in [5.41, 5.74) is 0.295. The number of hydrogen-bond donors (Lipinski definition) is 8. The van der Waals surface area contributed by atoms with Crippen molar-refractivity contribution in [2.75, 3.05) is 18.4 Å². The fourth-order valence-corrected chi connectivity index (χ4v) is 4.06. The maximum Gasteiger partial charge on any atom is 0.339 e. The van der Waals surface area contributed by atoms with Crippen LogP contribution in [-0.2, 0) is 14.8 Å². The number of aldehydes is 1. The number of hydrogen-bond acceptors (Lipinski definition) is 13. The highest BCUT2D eigenvalue weighted by Crippen LogP contribution is 2.26. The number of carbonyl (C=O) groups excluding carboxylic acids is 1. The Kier molecular flexibility index (Phi) is 12.4. The molecule has 3 rings (SSSR count). The quantitative estimate of drug-likeness (QED) is 0.106. The van der Waals surface area contributed by atoms with Crippen LogP contribution in [0.2, 0.25) is 0 Å². The van der Waals surface area contributed by atoms with Crippen molar-refractivity contribution in [1.82, 2.24) is 10.3 Å². The third-order valence-electron chi connectivity index (χ3n) is 5.32. The number of carboxylic acid groups (broad SMARTS) is 1. The summed E-state index contributed by atoms with van der Waals surface area (Å²) in [5.74, 6) is -1.46. The van der Waals surface area contributed by atoms with E-state index in [0.717, 1.165) is 0 Å². The molecule has 0 bridgehead atoms. The number of carboxylic acids is 1. The Hall–Kier alpha value is -4.32. The van der Waals surface area contributed by atoms with Crippen molar-refractivity contribution in [3.63, 3.8) is 0 Å². The minimum atomic E-state index is -3.79. The predicted molar refractivity (Wildman–Crippen MR) is 145 cm³/mol. The zero-order valence-electron chi connectivity index (χ0n) is 21.5. The number of benzene rings is 2. The summed E-state index contributed by atoms with van der Waals surface area (Å²) in [4.78, 5) is 25.3. The molecule has 0 saturated carbocycles. The number of azo groups is 1. The molecule has 15 nitrogen and oxygen atoms in total. The third-order valence-corrected chi connectivity index (χ3v) is 6.69. The number of aromatic nitrogens is 1. The first kappa shape index (κ1) is 32.9. The molecule has 0 aliphatic heterocycles. The van der Waals surface area contributed by atoms with Gasteiger partial charge >= 0.3 is 5.97 Å². The molecule has 1 heterocycles. The highest BCUT2D eigenvalue weighted by atomic mass is 32.2. The first-order valence-corrected chi connectivity index (χ1v) is 13.2. The van der Waals surface area contributed by atoms with E-state index in [0.29, 0.717) is 12.0 Å². The summed E-state index contributed by atoms with van der Waals surface area (Å²) < 4.78 is 27.0. The summed E-state index contributed by atoms with van der Waals surface area (Å²) in [6, 6.07) is 13.3.